The summed E-state index contributed by atoms with van der Waals surface area (Å²) in [4.78, 5) is 11.3. The Labute approximate surface area is 126 Å². The van der Waals surface area contributed by atoms with Crippen LogP contribution >= 0.6 is 0 Å². The maximum atomic E-state index is 11.3. The van der Waals surface area contributed by atoms with Gasteiger partial charge in [0.15, 0.2) is 14.1 Å². The first-order valence-corrected chi connectivity index (χ1v) is 10.8. The summed E-state index contributed by atoms with van der Waals surface area (Å²) >= 11 is 0. The lowest BCUT2D eigenvalue weighted by atomic mass is 9.79. The van der Waals surface area contributed by atoms with E-state index in [-0.39, 0.29) is 10.8 Å². The molecule has 0 radical (unpaired) electrons. The Bertz CT molecular complexity index is 364. The van der Waals surface area contributed by atoms with E-state index >= 15 is 0 Å². The molecule has 0 saturated heterocycles. The lowest BCUT2D eigenvalue weighted by molar-refractivity contribution is -0.115. The van der Waals surface area contributed by atoms with Gasteiger partial charge < -0.3 is 4.43 Å². The van der Waals surface area contributed by atoms with E-state index in [0.29, 0.717) is 24.2 Å². The molecule has 0 bridgehead atoms. The first-order valence-electron chi connectivity index (χ1n) is 7.89. The first kappa shape index (κ1) is 17.6. The van der Waals surface area contributed by atoms with Crippen molar-refractivity contribution in [2.24, 2.45) is 17.8 Å². The molecule has 116 valence electrons. The van der Waals surface area contributed by atoms with E-state index in [9.17, 15) is 4.79 Å². The smallest absolute Gasteiger partial charge is 0.191 e. The lowest BCUT2D eigenvalue weighted by Crippen LogP contribution is -2.43. The summed E-state index contributed by atoms with van der Waals surface area (Å²) in [7, 11) is -1.68. The van der Waals surface area contributed by atoms with E-state index in [1.807, 2.05) is 0 Å². The number of hydrogen-bond donors (Lipinski definition) is 0. The van der Waals surface area contributed by atoms with Crippen molar-refractivity contribution >= 4 is 14.1 Å². The van der Waals surface area contributed by atoms with E-state index in [1.54, 1.807) is 6.08 Å². The fourth-order valence-electron chi connectivity index (χ4n) is 2.41. The summed E-state index contributed by atoms with van der Waals surface area (Å²) in [6.45, 7) is 16.8. The van der Waals surface area contributed by atoms with Crippen molar-refractivity contribution in [2.45, 2.75) is 65.6 Å². The quantitative estimate of drug-likeness (QED) is 0.680. The average molecular weight is 297 g/mol. The SMILES string of the molecule is CC(C)[C@@H](CO[Si](C)(C)C(C)(C)C)[C@H]1C=CC(=O)CC1. The van der Waals surface area contributed by atoms with Crippen molar-refractivity contribution in [3.63, 3.8) is 0 Å². The van der Waals surface area contributed by atoms with E-state index in [0.717, 1.165) is 13.0 Å². The molecule has 0 aromatic rings. The van der Waals surface area contributed by atoms with Crippen LogP contribution < -0.4 is 0 Å². The van der Waals surface area contributed by atoms with E-state index in [1.165, 1.54) is 0 Å². The fourth-order valence-corrected chi connectivity index (χ4v) is 3.45. The van der Waals surface area contributed by atoms with Gasteiger partial charge >= 0.3 is 0 Å². The number of allylic oxidation sites excluding steroid dienone is 2. The van der Waals surface area contributed by atoms with Crippen molar-refractivity contribution in [3.05, 3.63) is 12.2 Å². The van der Waals surface area contributed by atoms with Gasteiger partial charge in [0.05, 0.1) is 0 Å². The standard InChI is InChI=1S/C17H32O2Si/c1-13(2)16(14-8-10-15(18)11-9-14)12-19-20(6,7)17(3,4)5/h8,10,13-14,16H,9,11-12H2,1-7H3/t14-,16+/m0/s1. The third-order valence-corrected chi connectivity index (χ3v) is 9.60. The lowest BCUT2D eigenvalue weighted by Gasteiger charge is -2.39. The summed E-state index contributed by atoms with van der Waals surface area (Å²) in [5, 5.41) is 0.257. The van der Waals surface area contributed by atoms with Crippen molar-refractivity contribution in [1.29, 1.82) is 0 Å². The summed E-state index contributed by atoms with van der Waals surface area (Å²) < 4.78 is 6.42. The molecule has 0 saturated carbocycles. The average Bonchev–Trinajstić information content (AvgIpc) is 2.29. The van der Waals surface area contributed by atoms with Gasteiger partial charge in [0.2, 0.25) is 0 Å². The highest BCUT2D eigenvalue weighted by Gasteiger charge is 2.38. The monoisotopic (exact) mass is 296 g/mol. The van der Waals surface area contributed by atoms with Crippen molar-refractivity contribution in [1.82, 2.24) is 0 Å². The Morgan fingerprint density at radius 2 is 1.95 bits per heavy atom. The van der Waals surface area contributed by atoms with Crippen LogP contribution in [-0.4, -0.2) is 20.7 Å². The molecule has 20 heavy (non-hydrogen) atoms. The highest BCUT2D eigenvalue weighted by molar-refractivity contribution is 6.74. The van der Waals surface area contributed by atoms with Gasteiger partial charge in [-0.1, -0.05) is 40.7 Å². The minimum Gasteiger partial charge on any atom is -0.417 e. The molecule has 0 spiro atoms. The van der Waals surface area contributed by atoms with E-state index in [2.05, 4.69) is 53.8 Å². The Balaban J connectivity index is 2.70. The molecule has 1 aliphatic rings. The van der Waals surface area contributed by atoms with Gasteiger partial charge in [-0.3, -0.25) is 4.79 Å². The summed E-state index contributed by atoms with van der Waals surface area (Å²) in [6.07, 6.45) is 5.57. The highest BCUT2D eigenvalue weighted by atomic mass is 28.4. The predicted octanol–water partition coefficient (Wildman–Crippen LogP) is 4.82. The van der Waals surface area contributed by atoms with Crippen molar-refractivity contribution in [3.8, 4) is 0 Å². The van der Waals surface area contributed by atoms with Crippen LogP contribution in [0.3, 0.4) is 0 Å². The van der Waals surface area contributed by atoms with Crippen LogP contribution in [0, 0.1) is 17.8 Å². The molecular formula is C17H32O2Si. The second-order valence-corrected chi connectivity index (χ2v) is 12.8. The van der Waals surface area contributed by atoms with Gasteiger partial charge in [-0.05, 0) is 48.4 Å². The van der Waals surface area contributed by atoms with Crippen LogP contribution in [0.15, 0.2) is 12.2 Å². The molecule has 3 heteroatoms. The minimum absolute atomic E-state index is 0.257. The molecule has 2 atom stereocenters. The van der Waals surface area contributed by atoms with Crippen LogP contribution in [0.5, 0.6) is 0 Å². The van der Waals surface area contributed by atoms with Gasteiger partial charge in [-0.15, -0.1) is 0 Å². The van der Waals surface area contributed by atoms with Crippen molar-refractivity contribution < 1.29 is 9.22 Å². The zero-order valence-electron chi connectivity index (χ0n) is 14.3. The van der Waals surface area contributed by atoms with Gasteiger partial charge in [-0.2, -0.15) is 0 Å². The Morgan fingerprint density at radius 1 is 1.35 bits per heavy atom. The van der Waals surface area contributed by atoms with Crippen LogP contribution in [-0.2, 0) is 9.22 Å². The Morgan fingerprint density at radius 3 is 2.35 bits per heavy atom. The minimum atomic E-state index is -1.68. The Hall–Kier alpha value is -0.413. The van der Waals surface area contributed by atoms with Crippen LogP contribution in [0.2, 0.25) is 18.1 Å². The molecule has 0 aromatic heterocycles. The fraction of sp³-hybridized carbons (Fsp3) is 0.824. The van der Waals surface area contributed by atoms with Crippen molar-refractivity contribution in [2.75, 3.05) is 6.61 Å². The predicted molar refractivity (Wildman–Crippen MR) is 88.3 cm³/mol. The van der Waals surface area contributed by atoms with Gasteiger partial charge in [0.1, 0.15) is 0 Å². The summed E-state index contributed by atoms with van der Waals surface area (Å²) in [5.41, 5.74) is 0. The third-order valence-electron chi connectivity index (χ3n) is 5.10. The summed E-state index contributed by atoms with van der Waals surface area (Å²) in [5.74, 6) is 1.88. The maximum Gasteiger partial charge on any atom is 0.191 e. The second kappa shape index (κ2) is 6.57. The van der Waals surface area contributed by atoms with Gasteiger partial charge in [0, 0.05) is 13.0 Å². The molecule has 1 aliphatic carbocycles. The molecule has 1 rings (SSSR count). The molecule has 0 aromatic carbocycles. The highest BCUT2D eigenvalue weighted by Crippen LogP contribution is 2.38. The largest absolute Gasteiger partial charge is 0.417 e. The molecule has 0 aliphatic heterocycles. The topological polar surface area (TPSA) is 26.3 Å². The van der Waals surface area contributed by atoms with Crippen LogP contribution in [0.25, 0.3) is 0 Å². The molecule has 0 amide bonds. The molecule has 0 heterocycles. The third kappa shape index (κ3) is 4.56. The molecule has 2 nitrogen and oxygen atoms in total. The number of carbonyl (C=O) groups excluding carboxylic acids is 1. The normalized spacial score (nSPS) is 22.4. The van der Waals surface area contributed by atoms with Crippen LogP contribution in [0.1, 0.15) is 47.5 Å². The maximum absolute atomic E-state index is 11.3. The molecule has 0 unspecified atom stereocenters. The summed E-state index contributed by atoms with van der Waals surface area (Å²) in [6, 6.07) is 0. The first-order chi connectivity index (χ1) is 9.04. The molecule has 0 N–H and O–H groups in total. The zero-order valence-corrected chi connectivity index (χ0v) is 15.3. The van der Waals surface area contributed by atoms with Gasteiger partial charge in [0.25, 0.3) is 0 Å². The molecular weight excluding hydrogens is 264 g/mol. The number of ketones is 1. The Kier molecular flexibility index (Phi) is 5.79. The molecule has 0 fully saturated rings. The second-order valence-electron chi connectivity index (χ2n) is 8.01. The van der Waals surface area contributed by atoms with Gasteiger partial charge in [-0.25, -0.2) is 0 Å². The van der Waals surface area contributed by atoms with Crippen LogP contribution in [0.4, 0.5) is 0 Å². The number of hydrogen-bond acceptors (Lipinski definition) is 2. The zero-order chi connectivity index (χ0) is 15.6. The van der Waals surface area contributed by atoms with E-state index < -0.39 is 8.32 Å². The number of rotatable bonds is 5. The van der Waals surface area contributed by atoms with E-state index in [4.69, 9.17) is 4.43 Å². The number of carbonyl (C=O) groups is 1.